The second kappa shape index (κ2) is 4.17. The van der Waals surface area contributed by atoms with Crippen LogP contribution < -0.4 is 10.6 Å². The monoisotopic (exact) mass is 281 g/mol. The Morgan fingerprint density at radius 2 is 2.12 bits per heavy atom. The van der Waals surface area contributed by atoms with Gasteiger partial charge in [-0.15, -0.1) is 0 Å². The number of halogens is 1. The van der Waals surface area contributed by atoms with Crippen LogP contribution in [0.25, 0.3) is 5.76 Å². The summed E-state index contributed by atoms with van der Waals surface area (Å²) in [5.74, 6) is -0.512. The minimum absolute atomic E-state index is 0.308. The molecule has 1 aliphatic rings. The number of benzene rings is 1. The first-order chi connectivity index (χ1) is 7.59. The maximum Gasteiger partial charge on any atom is 0.307 e. The topological polar surface area (TPSA) is 55.7 Å². The van der Waals surface area contributed by atoms with Crippen molar-refractivity contribution in [3.05, 3.63) is 34.8 Å². The number of amides is 1. The normalized spacial score (nSPS) is 18.8. The third-order valence-electron chi connectivity index (χ3n) is 2.10. The molecule has 0 spiro atoms. The molecule has 16 heavy (non-hydrogen) atoms. The summed E-state index contributed by atoms with van der Waals surface area (Å²) >= 11 is 3.16. The number of rotatable bonds is 1. The minimum atomic E-state index is -0.689. The summed E-state index contributed by atoms with van der Waals surface area (Å²) in [4.78, 5) is 25.7. The zero-order valence-electron chi connectivity index (χ0n) is 8.44. The first kappa shape index (κ1) is 11.0. The lowest BCUT2D eigenvalue weighted by molar-refractivity contribution is -0.134. The van der Waals surface area contributed by atoms with Crippen LogP contribution in [0, 0.1) is 0 Å². The van der Waals surface area contributed by atoms with E-state index in [9.17, 15) is 9.59 Å². The summed E-state index contributed by atoms with van der Waals surface area (Å²) in [6.07, 6.45) is 0. The fourth-order valence-corrected chi connectivity index (χ4v) is 1.91. The second-order valence-corrected chi connectivity index (χ2v) is 4.20. The van der Waals surface area contributed by atoms with Crippen LogP contribution in [0.4, 0.5) is 0 Å². The first-order valence-electron chi connectivity index (χ1n) is 4.64. The SMILES string of the molecule is CC(=O)OC1=c2ccccc2=NC(=O)C1Br. The van der Waals surface area contributed by atoms with Crippen LogP contribution in [-0.4, -0.2) is 16.7 Å². The zero-order valence-corrected chi connectivity index (χ0v) is 10.0. The fourth-order valence-electron chi connectivity index (χ4n) is 1.47. The molecule has 0 fully saturated rings. The van der Waals surface area contributed by atoms with E-state index in [1.165, 1.54) is 6.92 Å². The Hall–Kier alpha value is -1.49. The van der Waals surface area contributed by atoms with Crippen molar-refractivity contribution in [3.63, 3.8) is 0 Å². The number of fused-ring (bicyclic) bond motifs is 1. The highest BCUT2D eigenvalue weighted by Gasteiger charge is 2.26. The smallest absolute Gasteiger partial charge is 0.307 e. The third kappa shape index (κ3) is 1.90. The van der Waals surface area contributed by atoms with E-state index in [-0.39, 0.29) is 5.91 Å². The van der Waals surface area contributed by atoms with Crippen molar-refractivity contribution in [1.82, 2.24) is 0 Å². The molecule has 0 radical (unpaired) electrons. The highest BCUT2D eigenvalue weighted by atomic mass is 79.9. The molecular weight excluding hydrogens is 274 g/mol. The molecule has 5 heteroatoms. The molecule has 0 aromatic heterocycles. The Labute approximate surface area is 99.8 Å². The summed E-state index contributed by atoms with van der Waals surface area (Å²) < 4.78 is 5.05. The first-order valence-corrected chi connectivity index (χ1v) is 5.55. The van der Waals surface area contributed by atoms with Gasteiger partial charge in [0, 0.05) is 12.1 Å². The van der Waals surface area contributed by atoms with E-state index < -0.39 is 10.8 Å². The molecule has 2 rings (SSSR count). The molecule has 0 saturated heterocycles. The van der Waals surface area contributed by atoms with Gasteiger partial charge < -0.3 is 4.74 Å². The highest BCUT2D eigenvalue weighted by molar-refractivity contribution is 9.10. The maximum atomic E-state index is 11.5. The summed E-state index contributed by atoms with van der Waals surface area (Å²) in [5.41, 5.74) is 0. The van der Waals surface area contributed by atoms with E-state index in [2.05, 4.69) is 20.9 Å². The van der Waals surface area contributed by atoms with Crippen molar-refractivity contribution >= 4 is 33.6 Å². The molecule has 1 aliphatic heterocycles. The van der Waals surface area contributed by atoms with Gasteiger partial charge in [-0.05, 0) is 12.1 Å². The standard InChI is InChI=1S/C11H8BrNO3/c1-6(14)16-10-7-4-2-3-5-8(7)13-11(15)9(10)12/h2-5,9H,1H3. The van der Waals surface area contributed by atoms with E-state index >= 15 is 0 Å². The molecule has 0 saturated carbocycles. The van der Waals surface area contributed by atoms with Gasteiger partial charge in [0.2, 0.25) is 0 Å². The molecule has 0 bridgehead atoms. The molecule has 4 nitrogen and oxygen atoms in total. The lowest BCUT2D eigenvalue weighted by Crippen LogP contribution is -2.39. The van der Waals surface area contributed by atoms with E-state index in [0.29, 0.717) is 16.3 Å². The number of carbonyl (C=O) groups is 2. The van der Waals surface area contributed by atoms with Gasteiger partial charge >= 0.3 is 5.97 Å². The second-order valence-electron chi connectivity index (χ2n) is 3.29. The average molecular weight is 282 g/mol. The maximum absolute atomic E-state index is 11.5. The van der Waals surface area contributed by atoms with Crippen molar-refractivity contribution < 1.29 is 14.3 Å². The van der Waals surface area contributed by atoms with E-state index in [4.69, 9.17) is 4.74 Å². The number of carbonyl (C=O) groups excluding carboxylic acids is 2. The zero-order chi connectivity index (χ0) is 11.7. The van der Waals surface area contributed by atoms with Crippen LogP contribution in [0.3, 0.4) is 0 Å². The van der Waals surface area contributed by atoms with Crippen molar-refractivity contribution in [2.75, 3.05) is 0 Å². The summed E-state index contributed by atoms with van der Waals surface area (Å²) in [6, 6.07) is 7.04. The highest BCUT2D eigenvalue weighted by Crippen LogP contribution is 2.16. The lowest BCUT2D eigenvalue weighted by atomic mass is 10.1. The van der Waals surface area contributed by atoms with Gasteiger partial charge in [-0.1, -0.05) is 28.1 Å². The van der Waals surface area contributed by atoms with Gasteiger partial charge in [0.1, 0.15) is 5.76 Å². The van der Waals surface area contributed by atoms with Crippen LogP contribution in [0.5, 0.6) is 0 Å². The van der Waals surface area contributed by atoms with Gasteiger partial charge in [-0.25, -0.2) is 4.99 Å². The predicted molar refractivity (Wildman–Crippen MR) is 60.1 cm³/mol. The molecule has 82 valence electrons. The molecule has 0 aliphatic carbocycles. The third-order valence-corrected chi connectivity index (χ3v) is 2.91. The Balaban J connectivity index is 2.73. The van der Waals surface area contributed by atoms with Crippen LogP contribution in [0.1, 0.15) is 6.92 Å². The van der Waals surface area contributed by atoms with E-state index in [1.807, 2.05) is 0 Å². The van der Waals surface area contributed by atoms with Crippen LogP contribution in [0.2, 0.25) is 0 Å². The van der Waals surface area contributed by atoms with Crippen molar-refractivity contribution in [3.8, 4) is 0 Å². The van der Waals surface area contributed by atoms with Crippen molar-refractivity contribution in [1.29, 1.82) is 0 Å². The fraction of sp³-hybridized carbons (Fsp3) is 0.182. The molecule has 1 amide bonds. The summed E-state index contributed by atoms with van der Waals surface area (Å²) in [5, 5.41) is 1.19. The molecule has 1 atom stereocenters. The van der Waals surface area contributed by atoms with E-state index in [0.717, 1.165) is 0 Å². The molecule has 1 unspecified atom stereocenters. The van der Waals surface area contributed by atoms with Crippen molar-refractivity contribution in [2.24, 2.45) is 4.99 Å². The van der Waals surface area contributed by atoms with Gasteiger partial charge in [0.15, 0.2) is 4.83 Å². The van der Waals surface area contributed by atoms with Gasteiger partial charge in [0.25, 0.3) is 5.91 Å². The lowest BCUT2D eigenvalue weighted by Gasteiger charge is -2.14. The van der Waals surface area contributed by atoms with Gasteiger partial charge in [-0.3, -0.25) is 9.59 Å². The van der Waals surface area contributed by atoms with Crippen molar-refractivity contribution in [2.45, 2.75) is 11.8 Å². The Morgan fingerprint density at radius 3 is 2.81 bits per heavy atom. The van der Waals surface area contributed by atoms with Gasteiger partial charge in [0.05, 0.1) is 5.36 Å². The van der Waals surface area contributed by atoms with Crippen LogP contribution in [0.15, 0.2) is 29.3 Å². The molecule has 1 aromatic rings. The predicted octanol–water partition coefficient (Wildman–Crippen LogP) is 0.281. The van der Waals surface area contributed by atoms with E-state index in [1.54, 1.807) is 24.3 Å². The minimum Gasteiger partial charge on any atom is -0.429 e. The Kier molecular flexibility index (Phi) is 2.87. The number of ether oxygens (including phenoxy) is 1. The average Bonchev–Trinajstić information content (AvgIpc) is 2.24. The van der Waals surface area contributed by atoms with Crippen LogP contribution in [-0.2, 0) is 14.3 Å². The molecule has 1 aromatic carbocycles. The number of nitrogens with zero attached hydrogens (tertiary/aromatic N) is 1. The Bertz CT molecular complexity index is 579. The summed E-state index contributed by atoms with van der Waals surface area (Å²) in [6.45, 7) is 1.30. The number of esters is 1. The quantitative estimate of drug-likeness (QED) is 0.549. The Morgan fingerprint density at radius 1 is 1.44 bits per heavy atom. The molecule has 1 heterocycles. The number of alkyl halides is 1. The van der Waals surface area contributed by atoms with Crippen LogP contribution >= 0.6 is 15.9 Å². The largest absolute Gasteiger partial charge is 0.429 e. The summed E-state index contributed by atoms with van der Waals surface area (Å²) in [7, 11) is 0. The number of para-hydroxylation sites is 1. The number of hydrogen-bond donors (Lipinski definition) is 0. The molecule has 0 N–H and O–H groups in total. The van der Waals surface area contributed by atoms with Gasteiger partial charge in [-0.2, -0.15) is 0 Å². The molecular formula is C11H8BrNO3. The number of hydrogen-bond acceptors (Lipinski definition) is 3.